The van der Waals surface area contributed by atoms with Crippen molar-refractivity contribution >= 4 is 43.6 Å². The van der Waals surface area contributed by atoms with E-state index < -0.39 is 0 Å². The molecule has 7 aromatic carbocycles. The van der Waals surface area contributed by atoms with Crippen LogP contribution in [0.15, 0.2) is 152 Å². The molecule has 0 amide bonds. The summed E-state index contributed by atoms with van der Waals surface area (Å²) in [5.74, 6) is 0. The van der Waals surface area contributed by atoms with Gasteiger partial charge < -0.3 is 9.13 Å². The molecule has 2 heteroatoms. The molecule has 2 aromatic heterocycles. The summed E-state index contributed by atoms with van der Waals surface area (Å²) < 4.78 is 5.08. The summed E-state index contributed by atoms with van der Waals surface area (Å²) in [6, 6.07) is 58.8. The van der Waals surface area contributed by atoms with Gasteiger partial charge in [-0.3, -0.25) is 0 Å². The lowest BCUT2D eigenvalue weighted by molar-refractivity contribution is 0.398. The van der Waals surface area contributed by atoms with Crippen LogP contribution in [-0.4, -0.2) is 9.13 Å². The van der Waals surface area contributed by atoms with Crippen molar-refractivity contribution in [1.29, 1.82) is 0 Å². The molecule has 0 bridgehead atoms. The molecule has 0 fully saturated rings. The van der Waals surface area contributed by atoms with Gasteiger partial charge in [-0.1, -0.05) is 195 Å². The normalized spacial score (nSPS) is 13.6. The Morgan fingerprint density at radius 2 is 0.908 bits per heavy atom. The Kier molecular flexibility index (Phi) is 12.5. The van der Waals surface area contributed by atoms with E-state index in [0.29, 0.717) is 6.04 Å². The number of hydrogen-bond donors (Lipinski definition) is 0. The number of hydrogen-bond acceptors (Lipinski definition) is 0. The molecular formula is C63H68N2. The third-order valence-corrected chi connectivity index (χ3v) is 15.4. The molecule has 2 heterocycles. The molecule has 0 aliphatic heterocycles. The molecule has 10 rings (SSSR count). The minimum atomic E-state index is 0.0456. The van der Waals surface area contributed by atoms with E-state index in [1.54, 1.807) is 11.1 Å². The number of fused-ring (bicyclic) bond motifs is 9. The monoisotopic (exact) mass is 853 g/mol. The van der Waals surface area contributed by atoms with Crippen molar-refractivity contribution in [3.8, 4) is 39.1 Å². The van der Waals surface area contributed by atoms with Crippen LogP contribution in [-0.2, 0) is 5.41 Å². The van der Waals surface area contributed by atoms with Crippen LogP contribution in [0.3, 0.4) is 0 Å². The third-order valence-electron chi connectivity index (χ3n) is 15.4. The standard InChI is InChI=1S/C63H68N2/c1-5-8-10-12-14-22-39-63(40-23-15-13-11-9-6-2)57-30-19-16-27-51(57)52-36-35-50(44-58(52)63)65-60-32-21-18-29-54(60)56-43-49(34-38-62(56)65)47-26-24-25-46(41-47)48-33-37-61-55(42-48)53-28-17-20-31-59(53)64(61)45(4)7-3/h16-21,24-38,41-45H,5-15,22-23,39-40H2,1-4H3. The van der Waals surface area contributed by atoms with E-state index in [4.69, 9.17) is 0 Å². The van der Waals surface area contributed by atoms with Crippen molar-refractivity contribution in [2.24, 2.45) is 0 Å². The maximum atomic E-state index is 2.61. The van der Waals surface area contributed by atoms with E-state index >= 15 is 0 Å². The minimum absolute atomic E-state index is 0.0456. The van der Waals surface area contributed by atoms with Crippen LogP contribution in [0.1, 0.15) is 141 Å². The average Bonchev–Trinajstić information content (AvgIpc) is 3.96. The van der Waals surface area contributed by atoms with Gasteiger partial charge in [-0.25, -0.2) is 0 Å². The summed E-state index contributed by atoms with van der Waals surface area (Å²) in [6.07, 6.45) is 19.5. The highest BCUT2D eigenvalue weighted by molar-refractivity contribution is 6.11. The predicted molar refractivity (Wildman–Crippen MR) is 282 cm³/mol. The van der Waals surface area contributed by atoms with Crippen LogP contribution in [0.5, 0.6) is 0 Å². The molecule has 2 nitrogen and oxygen atoms in total. The fourth-order valence-electron chi connectivity index (χ4n) is 11.8. The van der Waals surface area contributed by atoms with Gasteiger partial charge in [-0.2, -0.15) is 0 Å². The van der Waals surface area contributed by atoms with Gasteiger partial charge in [0.05, 0.1) is 11.0 Å². The van der Waals surface area contributed by atoms with E-state index in [9.17, 15) is 0 Å². The second kappa shape index (κ2) is 18.9. The number of unbranched alkanes of at least 4 members (excludes halogenated alkanes) is 10. The number of nitrogens with zero attached hydrogens (tertiary/aromatic N) is 2. The summed E-state index contributed by atoms with van der Waals surface area (Å²) in [7, 11) is 0. The van der Waals surface area contributed by atoms with Crippen LogP contribution in [0.2, 0.25) is 0 Å². The summed E-state index contributed by atoms with van der Waals surface area (Å²) in [5.41, 5.74) is 17.5. The van der Waals surface area contributed by atoms with Gasteiger partial charge in [-0.15, -0.1) is 0 Å². The third kappa shape index (κ3) is 7.92. The molecule has 1 aliphatic rings. The van der Waals surface area contributed by atoms with Crippen molar-refractivity contribution in [1.82, 2.24) is 9.13 Å². The van der Waals surface area contributed by atoms with E-state index in [0.717, 1.165) is 6.42 Å². The minimum Gasteiger partial charge on any atom is -0.338 e. The van der Waals surface area contributed by atoms with Crippen LogP contribution in [0, 0.1) is 0 Å². The number of aromatic nitrogens is 2. The lowest BCUT2D eigenvalue weighted by atomic mass is 9.70. The molecular weight excluding hydrogens is 785 g/mol. The summed E-state index contributed by atoms with van der Waals surface area (Å²) in [4.78, 5) is 0. The number of benzene rings is 7. The Bertz CT molecular complexity index is 3080. The predicted octanol–water partition coefficient (Wildman–Crippen LogP) is 19.0. The van der Waals surface area contributed by atoms with Crippen LogP contribution in [0.25, 0.3) is 82.7 Å². The lowest BCUT2D eigenvalue weighted by Gasteiger charge is -2.33. The lowest BCUT2D eigenvalue weighted by Crippen LogP contribution is -2.25. The molecule has 0 saturated heterocycles. The largest absolute Gasteiger partial charge is 0.338 e. The fraction of sp³-hybridized carbons (Fsp3) is 0.333. The first-order valence-electron chi connectivity index (χ1n) is 25.5. The Hall–Kier alpha value is -5.86. The topological polar surface area (TPSA) is 9.86 Å². The van der Waals surface area contributed by atoms with Crippen molar-refractivity contribution in [2.45, 2.75) is 135 Å². The molecule has 9 aromatic rings. The number of rotatable bonds is 19. The van der Waals surface area contributed by atoms with Crippen molar-refractivity contribution in [3.05, 3.63) is 163 Å². The molecule has 1 atom stereocenters. The highest BCUT2D eigenvalue weighted by Gasteiger charge is 2.42. The number of para-hydroxylation sites is 2. The van der Waals surface area contributed by atoms with E-state index in [2.05, 4.69) is 188 Å². The summed E-state index contributed by atoms with van der Waals surface area (Å²) in [6.45, 7) is 9.27. The summed E-state index contributed by atoms with van der Waals surface area (Å²) in [5, 5.41) is 5.27. The molecule has 1 aliphatic carbocycles. The van der Waals surface area contributed by atoms with Gasteiger partial charge in [0.2, 0.25) is 0 Å². The van der Waals surface area contributed by atoms with Crippen molar-refractivity contribution in [3.63, 3.8) is 0 Å². The van der Waals surface area contributed by atoms with Crippen LogP contribution in [0.4, 0.5) is 0 Å². The van der Waals surface area contributed by atoms with E-state index in [1.807, 2.05) is 0 Å². The zero-order valence-corrected chi connectivity index (χ0v) is 39.5. The molecule has 1 unspecified atom stereocenters. The van der Waals surface area contributed by atoms with Gasteiger partial charge in [0, 0.05) is 49.7 Å². The Morgan fingerprint density at radius 3 is 1.58 bits per heavy atom. The fourth-order valence-corrected chi connectivity index (χ4v) is 11.8. The average molecular weight is 853 g/mol. The van der Waals surface area contributed by atoms with Crippen LogP contribution >= 0.6 is 0 Å². The Morgan fingerprint density at radius 1 is 0.400 bits per heavy atom. The molecule has 330 valence electrons. The second-order valence-corrected chi connectivity index (χ2v) is 19.4. The zero-order chi connectivity index (χ0) is 44.3. The van der Waals surface area contributed by atoms with Gasteiger partial charge in [0.1, 0.15) is 0 Å². The SMILES string of the molecule is CCCCCCCCC1(CCCCCCCC)c2ccccc2-c2ccc(-n3c4ccccc4c4cc(-c5cccc(-c6ccc7c(c6)c6ccccc6n7C(C)CC)c5)ccc43)cc21. The molecule has 0 saturated carbocycles. The maximum Gasteiger partial charge on any atom is 0.0541 e. The van der Waals surface area contributed by atoms with Crippen molar-refractivity contribution < 1.29 is 0 Å². The van der Waals surface area contributed by atoms with Gasteiger partial charge in [0.25, 0.3) is 0 Å². The Balaban J connectivity index is 1.03. The first-order chi connectivity index (χ1) is 32.0. The van der Waals surface area contributed by atoms with Gasteiger partial charge in [0.15, 0.2) is 0 Å². The first-order valence-corrected chi connectivity index (χ1v) is 25.5. The smallest absolute Gasteiger partial charge is 0.0541 e. The van der Waals surface area contributed by atoms with E-state index in [1.165, 1.54) is 173 Å². The highest BCUT2D eigenvalue weighted by atomic mass is 15.0. The molecule has 0 radical (unpaired) electrons. The van der Waals surface area contributed by atoms with Gasteiger partial charge in [-0.05, 0) is 125 Å². The van der Waals surface area contributed by atoms with Crippen molar-refractivity contribution in [2.75, 3.05) is 0 Å². The quantitative estimate of drug-likeness (QED) is 0.0717. The maximum absolute atomic E-state index is 2.61. The molecule has 0 N–H and O–H groups in total. The van der Waals surface area contributed by atoms with Gasteiger partial charge >= 0.3 is 0 Å². The Labute approximate surface area is 388 Å². The van der Waals surface area contributed by atoms with Crippen LogP contribution < -0.4 is 0 Å². The first kappa shape index (κ1) is 43.1. The van der Waals surface area contributed by atoms with E-state index in [-0.39, 0.29) is 5.41 Å². The second-order valence-electron chi connectivity index (χ2n) is 19.4. The zero-order valence-electron chi connectivity index (χ0n) is 39.5. The summed E-state index contributed by atoms with van der Waals surface area (Å²) >= 11 is 0. The highest BCUT2D eigenvalue weighted by Crippen LogP contribution is 2.55. The molecule has 0 spiro atoms. The molecule has 65 heavy (non-hydrogen) atoms.